The minimum Gasteiger partial charge on any atom is -0.387 e. The molecule has 0 radical (unpaired) electrons. The van der Waals surface area contributed by atoms with Crippen LogP contribution in [-0.2, 0) is 18.9 Å². The molecule has 0 aromatic heterocycles. The average Bonchev–Trinajstić information content (AvgIpc) is 1.99. The Hall–Kier alpha value is -0.230. The van der Waals surface area contributed by atoms with E-state index in [0.29, 0.717) is 0 Å². The minimum absolute atomic E-state index is 0.289. The van der Waals surface area contributed by atoms with Crippen LogP contribution in [0.25, 0.3) is 0 Å². The molecule has 0 aromatic carbocycles. The zero-order chi connectivity index (χ0) is 12.8. The molecule has 5 nitrogen and oxygen atoms in total. The van der Waals surface area contributed by atoms with Crippen molar-refractivity contribution in [2.24, 2.45) is 0 Å². The summed E-state index contributed by atoms with van der Waals surface area (Å²) in [5.41, 5.74) is 0. The molecule has 0 bridgehead atoms. The van der Waals surface area contributed by atoms with Crippen molar-refractivity contribution in [2.75, 3.05) is 13.2 Å². The molecule has 0 fully saturated rings. The Morgan fingerprint density at radius 1 is 1.00 bits per heavy atom. The van der Waals surface area contributed by atoms with E-state index < -0.39 is 16.6 Å². The fraction of sp³-hybridized carbons (Fsp3) is 0.889. The van der Waals surface area contributed by atoms with Crippen molar-refractivity contribution in [2.45, 2.75) is 38.2 Å². The van der Waals surface area contributed by atoms with Crippen molar-refractivity contribution >= 4 is 29.4 Å². The Labute approximate surface area is 105 Å². The standard InChI is InChI=1S/C9H16Cl2O5/c1-5-13-8(3,10)15-7(12)16-9(4,11)14-6-2/h5-6H2,1-4H3. The fourth-order valence-electron chi connectivity index (χ4n) is 0.893. The monoisotopic (exact) mass is 274 g/mol. The Kier molecular flexibility index (Phi) is 6.40. The van der Waals surface area contributed by atoms with Gasteiger partial charge < -0.3 is 18.9 Å². The zero-order valence-electron chi connectivity index (χ0n) is 9.71. The van der Waals surface area contributed by atoms with E-state index in [0.717, 1.165) is 0 Å². The van der Waals surface area contributed by atoms with E-state index in [1.807, 2.05) is 0 Å². The highest BCUT2D eigenvalue weighted by atomic mass is 35.5. The Bertz CT molecular complexity index is 208. The topological polar surface area (TPSA) is 54.0 Å². The minimum atomic E-state index is -1.58. The summed E-state index contributed by atoms with van der Waals surface area (Å²) in [5, 5.41) is -3.16. The van der Waals surface area contributed by atoms with Gasteiger partial charge in [-0.15, -0.1) is 0 Å². The molecule has 16 heavy (non-hydrogen) atoms. The predicted molar refractivity (Wildman–Crippen MR) is 59.3 cm³/mol. The molecule has 0 aromatic rings. The van der Waals surface area contributed by atoms with Gasteiger partial charge in [-0.3, -0.25) is 0 Å². The Morgan fingerprint density at radius 2 is 1.31 bits per heavy atom. The molecule has 2 atom stereocenters. The van der Waals surface area contributed by atoms with Crippen LogP contribution in [0.15, 0.2) is 0 Å². The highest BCUT2D eigenvalue weighted by Crippen LogP contribution is 2.23. The van der Waals surface area contributed by atoms with Crippen LogP contribution >= 0.6 is 23.2 Å². The Morgan fingerprint density at radius 3 is 1.56 bits per heavy atom. The van der Waals surface area contributed by atoms with Crippen LogP contribution < -0.4 is 0 Å². The first kappa shape index (κ1) is 15.8. The summed E-state index contributed by atoms with van der Waals surface area (Å²) in [7, 11) is 0. The van der Waals surface area contributed by atoms with Crippen LogP contribution in [-0.4, -0.2) is 29.9 Å². The lowest BCUT2D eigenvalue weighted by atomic mass is 10.7. The van der Waals surface area contributed by atoms with E-state index in [-0.39, 0.29) is 13.2 Å². The molecule has 7 heteroatoms. The summed E-state index contributed by atoms with van der Waals surface area (Å²) >= 11 is 11.4. The lowest BCUT2D eigenvalue weighted by Gasteiger charge is -2.25. The molecular formula is C9H16Cl2O5. The fourth-order valence-corrected chi connectivity index (χ4v) is 1.24. The van der Waals surface area contributed by atoms with Gasteiger partial charge in [-0.1, -0.05) is 0 Å². The van der Waals surface area contributed by atoms with Crippen molar-refractivity contribution in [3.8, 4) is 0 Å². The number of carbonyl (C=O) groups excluding carboxylic acids is 1. The lowest BCUT2D eigenvalue weighted by molar-refractivity contribution is -0.182. The van der Waals surface area contributed by atoms with Crippen LogP contribution in [0.2, 0.25) is 0 Å². The van der Waals surface area contributed by atoms with Crippen LogP contribution in [0.1, 0.15) is 27.7 Å². The maximum atomic E-state index is 11.3. The quantitative estimate of drug-likeness (QED) is 0.423. The molecule has 0 rings (SSSR count). The van der Waals surface area contributed by atoms with Crippen LogP contribution in [0.4, 0.5) is 4.79 Å². The summed E-state index contributed by atoms with van der Waals surface area (Å²) in [6.45, 7) is 6.73. The SMILES string of the molecule is CCOC(C)(Cl)OC(=O)OC(C)(Cl)OCC. The first-order chi connectivity index (χ1) is 7.22. The summed E-state index contributed by atoms with van der Waals surface area (Å²) in [6, 6.07) is 0. The molecule has 0 aliphatic rings. The van der Waals surface area contributed by atoms with E-state index in [4.69, 9.17) is 32.7 Å². The van der Waals surface area contributed by atoms with Gasteiger partial charge in [0, 0.05) is 27.1 Å². The van der Waals surface area contributed by atoms with E-state index >= 15 is 0 Å². The first-order valence-corrected chi connectivity index (χ1v) is 5.55. The summed E-state index contributed by atoms with van der Waals surface area (Å²) < 4.78 is 19.2. The third-order valence-electron chi connectivity index (χ3n) is 1.34. The van der Waals surface area contributed by atoms with E-state index in [9.17, 15) is 4.79 Å². The number of alkyl halides is 2. The maximum Gasteiger partial charge on any atom is 0.515 e. The predicted octanol–water partition coefficient (Wildman–Crippen LogP) is 3.04. The largest absolute Gasteiger partial charge is 0.515 e. The average molecular weight is 275 g/mol. The smallest absolute Gasteiger partial charge is 0.387 e. The number of ether oxygens (including phenoxy) is 4. The second-order valence-corrected chi connectivity index (χ2v) is 4.36. The van der Waals surface area contributed by atoms with Gasteiger partial charge in [0.25, 0.3) is 10.5 Å². The summed E-state index contributed by atoms with van der Waals surface area (Å²) in [4.78, 5) is 11.3. The number of rotatable bonds is 6. The lowest BCUT2D eigenvalue weighted by Crippen LogP contribution is -2.34. The molecule has 2 unspecified atom stereocenters. The molecule has 0 amide bonds. The molecule has 0 heterocycles. The van der Waals surface area contributed by atoms with E-state index in [1.165, 1.54) is 13.8 Å². The van der Waals surface area contributed by atoms with Crippen molar-refractivity contribution in [3.05, 3.63) is 0 Å². The highest BCUT2D eigenvalue weighted by molar-refractivity contribution is 6.22. The van der Waals surface area contributed by atoms with Crippen molar-refractivity contribution < 1.29 is 23.7 Å². The van der Waals surface area contributed by atoms with E-state index in [1.54, 1.807) is 13.8 Å². The molecule has 0 N–H and O–H groups in total. The van der Waals surface area contributed by atoms with Gasteiger partial charge in [-0.2, -0.15) is 0 Å². The second-order valence-electron chi connectivity index (χ2n) is 2.99. The molecule has 0 saturated carbocycles. The molecule has 96 valence electrons. The number of carbonyl (C=O) groups is 1. The van der Waals surface area contributed by atoms with Gasteiger partial charge >= 0.3 is 6.16 Å². The van der Waals surface area contributed by atoms with E-state index in [2.05, 4.69) is 9.47 Å². The van der Waals surface area contributed by atoms with Gasteiger partial charge in [-0.25, -0.2) is 4.79 Å². The number of halogens is 2. The zero-order valence-corrected chi connectivity index (χ0v) is 11.2. The maximum absolute atomic E-state index is 11.3. The third kappa shape index (κ3) is 7.11. The van der Waals surface area contributed by atoms with Gasteiger partial charge in [0.2, 0.25) is 0 Å². The normalized spacial score (nSPS) is 18.4. The van der Waals surface area contributed by atoms with Crippen molar-refractivity contribution in [3.63, 3.8) is 0 Å². The highest BCUT2D eigenvalue weighted by Gasteiger charge is 2.32. The van der Waals surface area contributed by atoms with Crippen molar-refractivity contribution in [1.29, 1.82) is 0 Å². The number of hydrogen-bond acceptors (Lipinski definition) is 5. The number of hydrogen-bond donors (Lipinski definition) is 0. The van der Waals surface area contributed by atoms with Crippen LogP contribution in [0.3, 0.4) is 0 Å². The van der Waals surface area contributed by atoms with Gasteiger partial charge in [0.15, 0.2) is 0 Å². The molecule has 0 aliphatic carbocycles. The first-order valence-electron chi connectivity index (χ1n) is 4.80. The summed E-state index contributed by atoms with van der Waals surface area (Å²) in [6.07, 6.45) is -1.07. The van der Waals surface area contributed by atoms with Gasteiger partial charge in [0.05, 0.1) is 0 Å². The Balaban J connectivity index is 4.17. The van der Waals surface area contributed by atoms with Crippen LogP contribution in [0, 0.1) is 0 Å². The van der Waals surface area contributed by atoms with Gasteiger partial charge in [-0.05, 0) is 37.0 Å². The third-order valence-corrected chi connectivity index (χ3v) is 1.71. The van der Waals surface area contributed by atoms with Gasteiger partial charge in [0.1, 0.15) is 0 Å². The molecule has 0 aliphatic heterocycles. The van der Waals surface area contributed by atoms with Crippen LogP contribution in [0.5, 0.6) is 0 Å². The molecule has 0 spiro atoms. The van der Waals surface area contributed by atoms with Crippen molar-refractivity contribution in [1.82, 2.24) is 0 Å². The second kappa shape index (κ2) is 6.49. The molecule has 0 saturated heterocycles. The summed E-state index contributed by atoms with van der Waals surface area (Å²) in [5.74, 6) is 0. The molecular weight excluding hydrogens is 259 g/mol.